The normalized spacial score (nSPS) is 11.1. The summed E-state index contributed by atoms with van der Waals surface area (Å²) in [5.74, 6) is 1.62. The number of hydrogen-bond donors (Lipinski definition) is 1. The van der Waals surface area contributed by atoms with Crippen molar-refractivity contribution in [1.29, 1.82) is 0 Å². The molecule has 0 spiro atoms. The van der Waals surface area contributed by atoms with E-state index in [2.05, 4.69) is 41.2 Å². The fraction of sp³-hybridized carbons (Fsp3) is 0.375. The molecule has 1 aromatic carbocycles. The van der Waals surface area contributed by atoms with Gasteiger partial charge in [-0.3, -0.25) is 4.79 Å². The van der Waals surface area contributed by atoms with Crippen LogP contribution in [0.2, 0.25) is 0 Å². The van der Waals surface area contributed by atoms with Crippen molar-refractivity contribution in [1.82, 2.24) is 9.97 Å². The highest BCUT2D eigenvalue weighted by molar-refractivity contribution is 7.98. The quantitative estimate of drug-likeness (QED) is 0.870. The van der Waals surface area contributed by atoms with E-state index in [4.69, 9.17) is 0 Å². The Morgan fingerprint density at radius 3 is 2.40 bits per heavy atom. The van der Waals surface area contributed by atoms with E-state index >= 15 is 0 Å². The van der Waals surface area contributed by atoms with E-state index in [1.54, 1.807) is 11.8 Å². The molecule has 0 saturated carbocycles. The van der Waals surface area contributed by atoms with Gasteiger partial charge in [-0.25, -0.2) is 4.98 Å². The van der Waals surface area contributed by atoms with Crippen LogP contribution < -0.4 is 5.56 Å². The molecular weight excluding hydrogens is 268 g/mol. The summed E-state index contributed by atoms with van der Waals surface area (Å²) in [6, 6.07) is 8.36. The Balaban J connectivity index is 2.15. The standard InChI is InChI=1S/C16H20N2OS/c1-10(2)15-12(4)17-14(18-16(15)19)9-20-13-7-5-11(3)6-8-13/h5-8,10H,9H2,1-4H3,(H,17,18,19). The summed E-state index contributed by atoms with van der Waals surface area (Å²) in [6.45, 7) is 8.01. The molecule has 0 saturated heterocycles. The van der Waals surface area contributed by atoms with E-state index in [-0.39, 0.29) is 11.5 Å². The molecule has 106 valence electrons. The number of aromatic amines is 1. The zero-order valence-electron chi connectivity index (χ0n) is 12.4. The Labute approximate surface area is 123 Å². The average molecular weight is 288 g/mol. The molecule has 20 heavy (non-hydrogen) atoms. The van der Waals surface area contributed by atoms with E-state index in [1.165, 1.54) is 10.5 Å². The van der Waals surface area contributed by atoms with Crippen molar-refractivity contribution in [2.75, 3.05) is 0 Å². The molecule has 1 heterocycles. The minimum absolute atomic E-state index is 0.00740. The maximum Gasteiger partial charge on any atom is 0.254 e. The van der Waals surface area contributed by atoms with Gasteiger partial charge in [0.15, 0.2) is 0 Å². The summed E-state index contributed by atoms with van der Waals surface area (Å²) in [5, 5.41) is 0. The molecule has 3 nitrogen and oxygen atoms in total. The third kappa shape index (κ3) is 3.51. The lowest BCUT2D eigenvalue weighted by Gasteiger charge is -2.09. The van der Waals surface area contributed by atoms with E-state index in [0.29, 0.717) is 5.75 Å². The van der Waals surface area contributed by atoms with Gasteiger partial charge in [0, 0.05) is 16.2 Å². The highest BCUT2D eigenvalue weighted by Crippen LogP contribution is 2.22. The molecule has 0 aliphatic rings. The second kappa shape index (κ2) is 6.27. The predicted octanol–water partition coefficient (Wildman–Crippen LogP) is 3.80. The molecule has 0 unspecified atom stereocenters. The highest BCUT2D eigenvalue weighted by Gasteiger charge is 2.11. The van der Waals surface area contributed by atoms with Gasteiger partial charge in [0.2, 0.25) is 0 Å². The van der Waals surface area contributed by atoms with Crippen LogP contribution >= 0.6 is 11.8 Å². The van der Waals surface area contributed by atoms with Crippen molar-refractivity contribution in [3.05, 3.63) is 57.3 Å². The van der Waals surface area contributed by atoms with E-state index in [9.17, 15) is 4.79 Å². The van der Waals surface area contributed by atoms with Crippen LogP contribution in [0, 0.1) is 13.8 Å². The first-order valence-electron chi connectivity index (χ1n) is 6.76. The summed E-state index contributed by atoms with van der Waals surface area (Å²) >= 11 is 1.68. The molecule has 2 rings (SSSR count). The van der Waals surface area contributed by atoms with E-state index in [0.717, 1.165) is 17.1 Å². The monoisotopic (exact) mass is 288 g/mol. The lowest BCUT2D eigenvalue weighted by Crippen LogP contribution is -2.19. The molecule has 0 aliphatic heterocycles. The van der Waals surface area contributed by atoms with Gasteiger partial charge < -0.3 is 4.98 Å². The van der Waals surface area contributed by atoms with Crippen LogP contribution in [0.25, 0.3) is 0 Å². The maximum absolute atomic E-state index is 12.1. The number of rotatable bonds is 4. The molecule has 0 fully saturated rings. The molecular formula is C16H20N2OS. The van der Waals surface area contributed by atoms with E-state index < -0.39 is 0 Å². The number of H-pyrrole nitrogens is 1. The van der Waals surface area contributed by atoms with Crippen LogP contribution in [0.15, 0.2) is 34.0 Å². The van der Waals surface area contributed by atoms with Crippen molar-refractivity contribution in [3.63, 3.8) is 0 Å². The lowest BCUT2D eigenvalue weighted by atomic mass is 10.0. The SMILES string of the molecule is Cc1ccc(SCc2nc(C)c(C(C)C)c(=O)[nH]2)cc1. The Kier molecular flexibility index (Phi) is 4.65. The Morgan fingerprint density at radius 2 is 1.85 bits per heavy atom. The number of nitrogens with one attached hydrogen (secondary N) is 1. The van der Waals surface area contributed by atoms with Crippen molar-refractivity contribution in [2.45, 2.75) is 44.3 Å². The van der Waals surface area contributed by atoms with Gasteiger partial charge in [-0.15, -0.1) is 11.8 Å². The fourth-order valence-electron chi connectivity index (χ4n) is 2.19. The summed E-state index contributed by atoms with van der Waals surface area (Å²) in [4.78, 5) is 20.6. The second-order valence-corrected chi connectivity index (χ2v) is 6.32. The molecule has 0 amide bonds. The van der Waals surface area contributed by atoms with Crippen LogP contribution in [-0.2, 0) is 5.75 Å². The molecule has 1 aromatic heterocycles. The first kappa shape index (κ1) is 14.9. The third-order valence-corrected chi connectivity index (χ3v) is 4.19. The predicted molar refractivity (Wildman–Crippen MR) is 84.4 cm³/mol. The van der Waals surface area contributed by atoms with Crippen LogP contribution in [0.1, 0.15) is 42.4 Å². The minimum Gasteiger partial charge on any atom is -0.310 e. The van der Waals surface area contributed by atoms with Crippen LogP contribution in [0.3, 0.4) is 0 Å². The molecule has 0 bridgehead atoms. The Bertz CT molecular complexity index is 645. The smallest absolute Gasteiger partial charge is 0.254 e. The van der Waals surface area contributed by atoms with Crippen molar-refractivity contribution < 1.29 is 0 Å². The zero-order chi connectivity index (χ0) is 14.7. The topological polar surface area (TPSA) is 45.8 Å². The zero-order valence-corrected chi connectivity index (χ0v) is 13.2. The average Bonchev–Trinajstić information content (AvgIpc) is 2.37. The van der Waals surface area contributed by atoms with Gasteiger partial charge in [-0.1, -0.05) is 31.5 Å². The maximum atomic E-state index is 12.1. The number of aromatic nitrogens is 2. The van der Waals surface area contributed by atoms with Gasteiger partial charge in [0.25, 0.3) is 5.56 Å². The third-order valence-electron chi connectivity index (χ3n) is 3.17. The summed E-state index contributed by atoms with van der Waals surface area (Å²) in [5.41, 5.74) is 2.86. The van der Waals surface area contributed by atoms with Gasteiger partial charge >= 0.3 is 0 Å². The summed E-state index contributed by atoms with van der Waals surface area (Å²) < 4.78 is 0. The van der Waals surface area contributed by atoms with Crippen molar-refractivity contribution in [3.8, 4) is 0 Å². The summed E-state index contributed by atoms with van der Waals surface area (Å²) in [6.07, 6.45) is 0. The van der Waals surface area contributed by atoms with Gasteiger partial charge in [0.1, 0.15) is 5.82 Å². The van der Waals surface area contributed by atoms with E-state index in [1.807, 2.05) is 20.8 Å². The Morgan fingerprint density at radius 1 is 1.20 bits per heavy atom. The molecule has 2 aromatic rings. The molecule has 0 radical (unpaired) electrons. The van der Waals surface area contributed by atoms with Crippen LogP contribution in [0.4, 0.5) is 0 Å². The second-order valence-electron chi connectivity index (χ2n) is 5.27. The number of hydrogen-bond acceptors (Lipinski definition) is 3. The van der Waals surface area contributed by atoms with Gasteiger partial charge in [-0.2, -0.15) is 0 Å². The first-order chi connectivity index (χ1) is 9.47. The van der Waals surface area contributed by atoms with Gasteiger partial charge in [0.05, 0.1) is 5.75 Å². The molecule has 0 aliphatic carbocycles. The number of aryl methyl sites for hydroxylation is 2. The minimum atomic E-state index is -0.00740. The highest BCUT2D eigenvalue weighted by atomic mass is 32.2. The van der Waals surface area contributed by atoms with Crippen LogP contribution in [-0.4, -0.2) is 9.97 Å². The largest absolute Gasteiger partial charge is 0.310 e. The number of thioether (sulfide) groups is 1. The number of benzene rings is 1. The molecule has 1 N–H and O–H groups in total. The lowest BCUT2D eigenvalue weighted by molar-refractivity contribution is 0.799. The Hall–Kier alpha value is -1.55. The fourth-order valence-corrected chi connectivity index (χ4v) is 2.96. The van der Waals surface area contributed by atoms with Crippen molar-refractivity contribution >= 4 is 11.8 Å². The molecule has 0 atom stereocenters. The first-order valence-corrected chi connectivity index (χ1v) is 7.75. The van der Waals surface area contributed by atoms with Crippen molar-refractivity contribution in [2.24, 2.45) is 0 Å². The van der Waals surface area contributed by atoms with Crippen LogP contribution in [0.5, 0.6) is 0 Å². The number of nitrogens with zero attached hydrogens (tertiary/aromatic N) is 1. The summed E-state index contributed by atoms with van der Waals surface area (Å²) in [7, 11) is 0. The van der Waals surface area contributed by atoms with Gasteiger partial charge in [-0.05, 0) is 31.9 Å². The molecule has 4 heteroatoms.